The Hall–Kier alpha value is -2.43. The molecule has 0 aromatic heterocycles. The molecule has 1 amide bonds. The molecule has 0 unspecified atom stereocenters. The fourth-order valence-corrected chi connectivity index (χ4v) is 2.66. The van der Waals surface area contributed by atoms with Gasteiger partial charge in [-0.05, 0) is 12.8 Å². The monoisotopic (exact) mass is 317 g/mol. The first kappa shape index (κ1) is 16.9. The summed E-state index contributed by atoms with van der Waals surface area (Å²) in [7, 11) is 4.76. The number of nitrogens with one attached hydrogen (secondary N) is 1. The average Bonchev–Trinajstić information content (AvgIpc) is 2.59. The maximum absolute atomic E-state index is 11.8. The summed E-state index contributed by atoms with van der Waals surface area (Å²) in [6.45, 7) is 2.12. The van der Waals surface area contributed by atoms with E-state index in [0.717, 1.165) is 35.6 Å². The topological polar surface area (TPSA) is 56.8 Å². The van der Waals surface area contributed by atoms with Crippen molar-refractivity contribution in [3.8, 4) is 17.2 Å². The minimum Gasteiger partial charge on any atom is -0.492 e. The molecule has 0 atom stereocenters. The van der Waals surface area contributed by atoms with Gasteiger partial charge in [-0.2, -0.15) is 0 Å². The predicted octanol–water partition coefficient (Wildman–Crippen LogP) is 3.92. The molecule has 2 aromatic carbocycles. The maximum atomic E-state index is 11.8. The average molecular weight is 317 g/mol. The SMILES string of the molecule is CCCCc1c(OC)c(OC)c2ccccc2c1OC(=O)NC. The lowest BCUT2D eigenvalue weighted by Gasteiger charge is -2.20. The van der Waals surface area contributed by atoms with Crippen LogP contribution in [0.4, 0.5) is 4.79 Å². The smallest absolute Gasteiger partial charge is 0.412 e. The first-order valence-corrected chi connectivity index (χ1v) is 7.73. The molecule has 0 heterocycles. The Kier molecular flexibility index (Phi) is 5.68. The number of hydrogen-bond donors (Lipinski definition) is 1. The van der Waals surface area contributed by atoms with E-state index in [0.29, 0.717) is 17.2 Å². The first-order chi connectivity index (χ1) is 11.2. The van der Waals surface area contributed by atoms with Crippen LogP contribution in [0.3, 0.4) is 0 Å². The molecule has 0 fully saturated rings. The second-order valence-electron chi connectivity index (χ2n) is 5.16. The number of unbranched alkanes of at least 4 members (excludes halogenated alkanes) is 1. The lowest BCUT2D eigenvalue weighted by molar-refractivity contribution is 0.202. The van der Waals surface area contributed by atoms with Crippen molar-refractivity contribution in [2.45, 2.75) is 26.2 Å². The van der Waals surface area contributed by atoms with Crippen LogP contribution in [-0.2, 0) is 6.42 Å². The number of carbonyl (C=O) groups is 1. The van der Waals surface area contributed by atoms with Crippen molar-refractivity contribution in [2.75, 3.05) is 21.3 Å². The highest BCUT2D eigenvalue weighted by Crippen LogP contribution is 2.46. The number of hydrogen-bond acceptors (Lipinski definition) is 4. The molecule has 2 aromatic rings. The number of amides is 1. The van der Waals surface area contributed by atoms with Crippen LogP contribution in [0.1, 0.15) is 25.3 Å². The molecular weight excluding hydrogens is 294 g/mol. The summed E-state index contributed by atoms with van der Waals surface area (Å²) < 4.78 is 16.7. The minimum absolute atomic E-state index is 0.500. The van der Waals surface area contributed by atoms with E-state index < -0.39 is 6.09 Å². The molecule has 1 N–H and O–H groups in total. The summed E-state index contributed by atoms with van der Waals surface area (Å²) in [5.41, 5.74) is 0.855. The van der Waals surface area contributed by atoms with Crippen LogP contribution in [0.15, 0.2) is 24.3 Å². The van der Waals surface area contributed by atoms with Gasteiger partial charge in [-0.3, -0.25) is 0 Å². The summed E-state index contributed by atoms with van der Waals surface area (Å²) in [6.07, 6.45) is 2.23. The zero-order valence-electron chi connectivity index (χ0n) is 14.1. The third-order valence-corrected chi connectivity index (χ3v) is 3.76. The van der Waals surface area contributed by atoms with Crippen molar-refractivity contribution < 1.29 is 19.0 Å². The zero-order chi connectivity index (χ0) is 16.8. The van der Waals surface area contributed by atoms with Crippen LogP contribution in [-0.4, -0.2) is 27.4 Å². The Morgan fingerprint density at radius 2 is 1.65 bits per heavy atom. The van der Waals surface area contributed by atoms with Crippen molar-refractivity contribution in [3.63, 3.8) is 0 Å². The third kappa shape index (κ3) is 3.33. The lowest BCUT2D eigenvalue weighted by Crippen LogP contribution is -2.23. The van der Waals surface area contributed by atoms with Crippen molar-refractivity contribution in [3.05, 3.63) is 29.8 Å². The number of ether oxygens (including phenoxy) is 3. The normalized spacial score (nSPS) is 10.4. The van der Waals surface area contributed by atoms with Gasteiger partial charge in [0.2, 0.25) is 0 Å². The van der Waals surface area contributed by atoms with Crippen LogP contribution in [0.2, 0.25) is 0 Å². The maximum Gasteiger partial charge on any atom is 0.412 e. The van der Waals surface area contributed by atoms with Crippen LogP contribution in [0.5, 0.6) is 17.2 Å². The highest BCUT2D eigenvalue weighted by Gasteiger charge is 2.23. The highest BCUT2D eigenvalue weighted by atomic mass is 16.6. The molecule has 0 spiro atoms. The minimum atomic E-state index is -0.500. The molecule has 0 aliphatic rings. The van der Waals surface area contributed by atoms with E-state index in [1.54, 1.807) is 14.2 Å². The van der Waals surface area contributed by atoms with E-state index in [9.17, 15) is 4.79 Å². The van der Waals surface area contributed by atoms with Gasteiger partial charge in [-0.15, -0.1) is 0 Å². The quantitative estimate of drug-likeness (QED) is 0.877. The summed E-state index contributed by atoms with van der Waals surface area (Å²) in [6, 6.07) is 7.68. The van der Waals surface area contributed by atoms with E-state index in [1.165, 1.54) is 7.05 Å². The molecule has 0 aliphatic heterocycles. The van der Waals surface area contributed by atoms with Gasteiger partial charge >= 0.3 is 6.09 Å². The van der Waals surface area contributed by atoms with Gasteiger partial charge in [0.15, 0.2) is 11.5 Å². The molecule has 0 saturated carbocycles. The van der Waals surface area contributed by atoms with Gasteiger partial charge < -0.3 is 19.5 Å². The summed E-state index contributed by atoms with van der Waals surface area (Å²) in [5, 5.41) is 4.18. The summed E-state index contributed by atoms with van der Waals surface area (Å²) in [5.74, 6) is 1.82. The Balaban J connectivity index is 2.77. The van der Waals surface area contributed by atoms with Crippen LogP contribution >= 0.6 is 0 Å². The fourth-order valence-electron chi connectivity index (χ4n) is 2.66. The molecule has 5 heteroatoms. The molecule has 5 nitrogen and oxygen atoms in total. The second-order valence-corrected chi connectivity index (χ2v) is 5.16. The van der Waals surface area contributed by atoms with Crippen molar-refractivity contribution in [2.24, 2.45) is 0 Å². The number of methoxy groups -OCH3 is 2. The number of benzene rings is 2. The summed E-state index contributed by atoms with van der Waals surface area (Å²) in [4.78, 5) is 11.8. The molecule has 0 aliphatic carbocycles. The van der Waals surface area contributed by atoms with E-state index >= 15 is 0 Å². The van der Waals surface area contributed by atoms with E-state index in [-0.39, 0.29) is 0 Å². The standard InChI is InChI=1S/C18H23NO4/c1-5-6-9-14-15(23-18(20)19-2)12-10-7-8-11-13(12)16(21-3)17(14)22-4/h7-8,10-11H,5-6,9H2,1-4H3,(H,19,20). The fraction of sp³-hybridized carbons (Fsp3) is 0.389. The predicted molar refractivity (Wildman–Crippen MR) is 90.7 cm³/mol. The van der Waals surface area contributed by atoms with Crippen LogP contribution in [0, 0.1) is 0 Å². The highest BCUT2D eigenvalue weighted by molar-refractivity contribution is 5.98. The van der Waals surface area contributed by atoms with Gasteiger partial charge in [-0.1, -0.05) is 37.6 Å². The number of fused-ring (bicyclic) bond motifs is 1. The van der Waals surface area contributed by atoms with Gasteiger partial charge in [0.25, 0.3) is 0 Å². The van der Waals surface area contributed by atoms with E-state index in [4.69, 9.17) is 14.2 Å². The van der Waals surface area contributed by atoms with Crippen molar-refractivity contribution in [1.82, 2.24) is 5.32 Å². The van der Waals surface area contributed by atoms with Crippen molar-refractivity contribution >= 4 is 16.9 Å². The molecule has 0 saturated heterocycles. The van der Waals surface area contributed by atoms with Crippen LogP contribution in [0.25, 0.3) is 10.8 Å². The van der Waals surface area contributed by atoms with Crippen LogP contribution < -0.4 is 19.5 Å². The van der Waals surface area contributed by atoms with Gasteiger partial charge in [0, 0.05) is 23.4 Å². The largest absolute Gasteiger partial charge is 0.492 e. The van der Waals surface area contributed by atoms with E-state index in [2.05, 4.69) is 12.2 Å². The van der Waals surface area contributed by atoms with E-state index in [1.807, 2.05) is 24.3 Å². The molecular formula is C18H23NO4. The van der Waals surface area contributed by atoms with Gasteiger partial charge in [0.1, 0.15) is 5.75 Å². The Morgan fingerprint density at radius 3 is 2.17 bits per heavy atom. The molecule has 0 bridgehead atoms. The number of carbonyl (C=O) groups excluding carboxylic acids is 1. The van der Waals surface area contributed by atoms with Gasteiger partial charge in [-0.25, -0.2) is 4.79 Å². The first-order valence-electron chi connectivity index (χ1n) is 7.73. The third-order valence-electron chi connectivity index (χ3n) is 3.76. The Labute approximate surface area is 136 Å². The van der Waals surface area contributed by atoms with Crippen molar-refractivity contribution in [1.29, 1.82) is 0 Å². The molecule has 2 rings (SSSR count). The molecule has 124 valence electrons. The zero-order valence-corrected chi connectivity index (χ0v) is 14.1. The van der Waals surface area contributed by atoms with Gasteiger partial charge in [0.05, 0.1) is 14.2 Å². The molecule has 23 heavy (non-hydrogen) atoms. The molecule has 0 radical (unpaired) electrons. The summed E-state index contributed by atoms with van der Waals surface area (Å²) >= 11 is 0. The number of rotatable bonds is 6. The Morgan fingerprint density at radius 1 is 1.04 bits per heavy atom. The Bertz CT molecular complexity index is 697. The lowest BCUT2D eigenvalue weighted by atomic mass is 9.99. The second kappa shape index (κ2) is 7.72.